The lowest BCUT2D eigenvalue weighted by atomic mass is 9.76. The van der Waals surface area contributed by atoms with Crippen molar-refractivity contribution in [2.75, 3.05) is 20.3 Å². The van der Waals surface area contributed by atoms with Crippen LogP contribution in [0.15, 0.2) is 54.0 Å². The van der Waals surface area contributed by atoms with Crippen LogP contribution < -0.4 is 15.8 Å². The van der Waals surface area contributed by atoms with Gasteiger partial charge in [-0.15, -0.1) is 0 Å². The molecule has 0 bridgehead atoms. The van der Waals surface area contributed by atoms with Crippen LogP contribution in [0.3, 0.4) is 0 Å². The molecule has 9 heteroatoms. The van der Waals surface area contributed by atoms with E-state index < -0.39 is 23.6 Å². The largest absolute Gasteiger partial charge is 0.504 e. The van der Waals surface area contributed by atoms with Crippen molar-refractivity contribution in [3.05, 3.63) is 70.8 Å². The highest BCUT2D eigenvalue weighted by atomic mass is 16.5. The van der Waals surface area contributed by atoms with Crippen LogP contribution in [0.2, 0.25) is 0 Å². The molecular weight excluding hydrogens is 582 g/mol. The molecule has 3 atom stereocenters. The molecule has 2 aromatic rings. The van der Waals surface area contributed by atoms with Gasteiger partial charge in [-0.25, -0.2) is 0 Å². The Kier molecular flexibility index (Phi) is 15.4. The molecule has 9 nitrogen and oxygen atoms in total. The minimum atomic E-state index is -1.64. The Bertz CT molecular complexity index is 1290. The number of aryl methyl sites for hydroxylation is 1. The number of aliphatic hydroxyl groups is 2. The maximum Gasteiger partial charge on any atom is 0.170 e. The summed E-state index contributed by atoms with van der Waals surface area (Å²) in [6, 6.07) is 7.35. The quantitative estimate of drug-likeness (QED) is 0.0720. The zero-order valence-corrected chi connectivity index (χ0v) is 27.9. The first-order valence-electron chi connectivity index (χ1n) is 17.0. The summed E-state index contributed by atoms with van der Waals surface area (Å²) >= 11 is 0. The lowest BCUT2D eigenvalue weighted by Gasteiger charge is -2.30. The number of aliphatic hydroxyl groups excluding tert-OH is 2. The number of Topliss-reactive ketones (excluding diaryl/α,β-unsaturated/α-hetero) is 2. The number of benzene rings is 1. The van der Waals surface area contributed by atoms with Crippen LogP contribution in [0.1, 0.15) is 101 Å². The number of H-pyrrole nitrogens is 1. The number of dihydropyridines is 1. The Morgan fingerprint density at radius 1 is 1.07 bits per heavy atom. The van der Waals surface area contributed by atoms with Crippen molar-refractivity contribution in [3.63, 3.8) is 0 Å². The summed E-state index contributed by atoms with van der Waals surface area (Å²) in [4.78, 5) is 29.3. The molecule has 0 saturated heterocycles. The van der Waals surface area contributed by atoms with Crippen molar-refractivity contribution in [1.29, 1.82) is 0 Å². The molecule has 3 rings (SSSR count). The van der Waals surface area contributed by atoms with E-state index in [-0.39, 0.29) is 49.2 Å². The zero-order chi connectivity index (χ0) is 33.5. The Hall–Kier alpha value is -3.56. The number of nitrogens with two attached hydrogens (primary N) is 1. The van der Waals surface area contributed by atoms with Crippen molar-refractivity contribution >= 4 is 11.6 Å². The van der Waals surface area contributed by atoms with Crippen LogP contribution in [0.5, 0.6) is 11.5 Å². The molecule has 7 N–H and O–H groups in total. The summed E-state index contributed by atoms with van der Waals surface area (Å²) < 4.78 is 5.54. The molecule has 1 aliphatic heterocycles. The number of carbonyl (C=O) groups is 2. The summed E-state index contributed by atoms with van der Waals surface area (Å²) in [5.41, 5.74) is 9.18. The normalized spacial score (nSPS) is 15.1. The van der Waals surface area contributed by atoms with Crippen molar-refractivity contribution in [2.45, 2.75) is 103 Å². The van der Waals surface area contributed by atoms with Gasteiger partial charge in [-0.2, -0.15) is 0 Å². The molecule has 3 unspecified atom stereocenters. The third kappa shape index (κ3) is 10.8. The van der Waals surface area contributed by atoms with Crippen LogP contribution in [-0.4, -0.2) is 58.2 Å². The molecule has 0 fully saturated rings. The number of ketones is 2. The fourth-order valence-electron chi connectivity index (χ4n) is 6.48. The second-order valence-electron chi connectivity index (χ2n) is 12.6. The van der Waals surface area contributed by atoms with E-state index in [1.54, 1.807) is 6.07 Å². The molecule has 1 aromatic heterocycles. The molecule has 254 valence electrons. The van der Waals surface area contributed by atoms with E-state index in [0.29, 0.717) is 29.9 Å². The highest BCUT2D eigenvalue weighted by Crippen LogP contribution is 2.44. The van der Waals surface area contributed by atoms with Crippen LogP contribution in [-0.2, 0) is 22.4 Å². The Labute approximate surface area is 274 Å². The maximum atomic E-state index is 13.1. The van der Waals surface area contributed by atoms with E-state index in [4.69, 9.17) is 10.5 Å². The summed E-state index contributed by atoms with van der Waals surface area (Å²) in [5, 5.41) is 35.8. The lowest BCUT2D eigenvalue weighted by Crippen LogP contribution is -2.31. The second-order valence-corrected chi connectivity index (χ2v) is 12.6. The van der Waals surface area contributed by atoms with Crippen molar-refractivity contribution in [3.8, 4) is 11.5 Å². The Balaban J connectivity index is 1.81. The maximum absolute atomic E-state index is 13.1. The van der Waals surface area contributed by atoms with Gasteiger partial charge in [0.15, 0.2) is 29.2 Å². The second kappa shape index (κ2) is 19.2. The smallest absolute Gasteiger partial charge is 0.170 e. The highest BCUT2D eigenvalue weighted by molar-refractivity contribution is 6.05. The topological polar surface area (TPSA) is 158 Å². The van der Waals surface area contributed by atoms with Gasteiger partial charge in [-0.05, 0) is 60.1 Å². The number of hydrogen-bond acceptors (Lipinski definition) is 8. The zero-order valence-electron chi connectivity index (χ0n) is 27.9. The lowest BCUT2D eigenvalue weighted by molar-refractivity contribution is -0.139. The predicted molar refractivity (Wildman–Crippen MR) is 182 cm³/mol. The number of methoxy groups -OCH3 is 1. The van der Waals surface area contributed by atoms with Gasteiger partial charge < -0.3 is 36.1 Å². The minimum Gasteiger partial charge on any atom is -0.504 e. The standard InChI is InChI=1S/C37H55N3O6/c1-4-6-8-11-25(12-9-7-5-2)20-32(43)37(45)31(42)15-14-26-19-30(36(44)33(21-26)46-3)35(27-16-18-40-34(38)23-27)28(24-41)22-29-13-10-17-39-29/h10,13,16-17,19,21,23,25,28,35,37,39-41,44-45H,4-9,11-12,14-15,18,20,22,24,38H2,1-3H3. The van der Waals surface area contributed by atoms with Gasteiger partial charge in [0.25, 0.3) is 0 Å². The van der Waals surface area contributed by atoms with Gasteiger partial charge in [-0.1, -0.05) is 77.4 Å². The number of rotatable bonds is 22. The molecule has 1 aliphatic rings. The number of phenols is 1. The summed E-state index contributed by atoms with van der Waals surface area (Å²) in [5.74, 6) is -0.796. The first-order chi connectivity index (χ1) is 22.2. The predicted octanol–water partition coefficient (Wildman–Crippen LogP) is 5.59. The van der Waals surface area contributed by atoms with E-state index >= 15 is 0 Å². The van der Waals surface area contributed by atoms with Crippen LogP contribution >= 0.6 is 0 Å². The molecule has 2 heterocycles. The monoisotopic (exact) mass is 637 g/mol. The van der Waals surface area contributed by atoms with Gasteiger partial charge in [0.1, 0.15) is 0 Å². The third-order valence-corrected chi connectivity index (χ3v) is 9.09. The number of ether oxygens (including phenoxy) is 1. The van der Waals surface area contributed by atoms with E-state index in [1.807, 2.05) is 36.5 Å². The molecule has 46 heavy (non-hydrogen) atoms. The third-order valence-electron chi connectivity index (χ3n) is 9.09. The van der Waals surface area contributed by atoms with Gasteiger partial charge in [0.2, 0.25) is 0 Å². The van der Waals surface area contributed by atoms with Crippen LogP contribution in [0.25, 0.3) is 0 Å². The molecular formula is C37H55N3O6. The van der Waals surface area contributed by atoms with Crippen LogP contribution in [0, 0.1) is 11.8 Å². The average molecular weight is 638 g/mol. The molecule has 1 aromatic carbocycles. The molecule has 0 aliphatic carbocycles. The van der Waals surface area contributed by atoms with Crippen molar-refractivity contribution < 1.29 is 29.6 Å². The number of unbranched alkanes of at least 4 members (excludes halogenated alkanes) is 4. The molecule has 0 spiro atoms. The number of aromatic nitrogens is 1. The minimum absolute atomic E-state index is 0.0351. The summed E-state index contributed by atoms with van der Waals surface area (Å²) in [6.45, 7) is 4.65. The fraction of sp³-hybridized carbons (Fsp3) is 0.568. The van der Waals surface area contributed by atoms with E-state index in [0.717, 1.165) is 62.6 Å². The first-order valence-corrected chi connectivity index (χ1v) is 17.0. The molecule has 0 amide bonds. The Morgan fingerprint density at radius 2 is 1.78 bits per heavy atom. The number of phenolic OH excluding ortho intramolecular Hbond substituents is 1. The van der Waals surface area contributed by atoms with Crippen molar-refractivity contribution in [2.24, 2.45) is 17.6 Å². The summed E-state index contributed by atoms with van der Waals surface area (Å²) in [6.07, 6.45) is 13.4. The fourth-order valence-corrected chi connectivity index (χ4v) is 6.48. The highest BCUT2D eigenvalue weighted by Gasteiger charge is 2.31. The average Bonchev–Trinajstić information content (AvgIpc) is 3.57. The number of aromatic hydroxyl groups is 1. The van der Waals surface area contributed by atoms with Crippen LogP contribution in [0.4, 0.5) is 0 Å². The number of allylic oxidation sites excluding steroid dienone is 2. The van der Waals surface area contributed by atoms with Gasteiger partial charge in [0.05, 0.1) is 12.9 Å². The van der Waals surface area contributed by atoms with Gasteiger partial charge >= 0.3 is 0 Å². The first kappa shape index (κ1) is 36.9. The molecule has 0 radical (unpaired) electrons. The van der Waals surface area contributed by atoms with E-state index in [9.17, 15) is 24.9 Å². The van der Waals surface area contributed by atoms with Gasteiger partial charge in [0, 0.05) is 49.4 Å². The number of carbonyl (C=O) groups excluding carboxylic acids is 2. The van der Waals surface area contributed by atoms with E-state index in [1.165, 1.54) is 7.11 Å². The summed E-state index contributed by atoms with van der Waals surface area (Å²) in [7, 11) is 1.47. The number of hydrogen-bond donors (Lipinski definition) is 6. The number of nitrogens with one attached hydrogen (secondary N) is 2. The SMILES string of the molecule is CCCCCC(CCCCC)CC(=O)C(O)C(=O)CCc1cc(OC)c(O)c(C(C2=CCNC(N)=C2)C(CO)Cc2ccc[nH]2)c1. The molecule has 0 saturated carbocycles. The Morgan fingerprint density at radius 3 is 2.37 bits per heavy atom. The van der Waals surface area contributed by atoms with E-state index in [2.05, 4.69) is 24.1 Å². The van der Waals surface area contributed by atoms with Crippen molar-refractivity contribution in [1.82, 2.24) is 10.3 Å². The number of aromatic amines is 1. The van der Waals surface area contributed by atoms with Gasteiger partial charge in [-0.3, -0.25) is 9.59 Å².